The molecule has 2 N–H and O–H groups in total. The number of benzene rings is 2. The summed E-state index contributed by atoms with van der Waals surface area (Å²) in [6.07, 6.45) is 0. The fourth-order valence-corrected chi connectivity index (χ4v) is 3.38. The molecule has 27 heavy (non-hydrogen) atoms. The summed E-state index contributed by atoms with van der Waals surface area (Å²) in [5.41, 5.74) is 8.92. The van der Waals surface area contributed by atoms with E-state index in [2.05, 4.69) is 68.7 Å². The highest BCUT2D eigenvalue weighted by atomic mass is 32.1. The van der Waals surface area contributed by atoms with Gasteiger partial charge in [-0.05, 0) is 69.6 Å². The second-order valence-electron chi connectivity index (χ2n) is 7.02. The molecule has 3 aromatic rings. The summed E-state index contributed by atoms with van der Waals surface area (Å²) in [6, 6.07) is 14.7. The van der Waals surface area contributed by atoms with E-state index in [9.17, 15) is 0 Å². The zero-order valence-electron chi connectivity index (χ0n) is 16.6. The lowest BCUT2D eigenvalue weighted by Gasteiger charge is -2.14. The number of nitrogens with one attached hydrogen (secondary N) is 2. The molecule has 0 bridgehead atoms. The molecule has 0 saturated carbocycles. The van der Waals surface area contributed by atoms with Gasteiger partial charge in [0.2, 0.25) is 0 Å². The predicted octanol–water partition coefficient (Wildman–Crippen LogP) is 5.28. The summed E-state index contributed by atoms with van der Waals surface area (Å²) in [6.45, 7) is 11.1. The van der Waals surface area contributed by atoms with Crippen LogP contribution in [0.25, 0.3) is 0 Å². The van der Waals surface area contributed by atoms with Crippen molar-refractivity contribution < 1.29 is 0 Å². The van der Waals surface area contributed by atoms with Crippen LogP contribution < -0.4 is 10.6 Å². The third kappa shape index (κ3) is 4.37. The van der Waals surface area contributed by atoms with Crippen molar-refractivity contribution in [2.24, 2.45) is 0 Å². The van der Waals surface area contributed by atoms with Crippen LogP contribution in [-0.4, -0.2) is 14.9 Å². The van der Waals surface area contributed by atoms with Crippen LogP contribution in [0.3, 0.4) is 0 Å². The Bertz CT molecular complexity index is 988. The smallest absolute Gasteiger partial charge is 0.175 e. The normalized spacial score (nSPS) is 10.7. The highest BCUT2D eigenvalue weighted by Gasteiger charge is 2.13. The first-order chi connectivity index (χ1) is 12.8. The molecule has 0 amide bonds. The molecule has 2 aromatic carbocycles. The van der Waals surface area contributed by atoms with Crippen LogP contribution in [0, 0.1) is 34.6 Å². The molecule has 0 atom stereocenters. The maximum atomic E-state index is 5.54. The Labute approximate surface area is 166 Å². The Morgan fingerprint density at radius 2 is 1.74 bits per heavy atom. The van der Waals surface area contributed by atoms with E-state index in [0.717, 1.165) is 29.3 Å². The molecular formula is C22H26N4S. The Morgan fingerprint density at radius 3 is 2.48 bits per heavy atom. The van der Waals surface area contributed by atoms with Gasteiger partial charge in [0, 0.05) is 5.69 Å². The van der Waals surface area contributed by atoms with Crippen LogP contribution in [0.2, 0.25) is 0 Å². The molecule has 3 rings (SSSR count). The fourth-order valence-electron chi connectivity index (χ4n) is 3.17. The quantitative estimate of drug-likeness (QED) is 0.606. The van der Waals surface area contributed by atoms with Crippen LogP contribution in [0.1, 0.15) is 33.6 Å². The van der Waals surface area contributed by atoms with E-state index in [1.165, 1.54) is 22.3 Å². The highest BCUT2D eigenvalue weighted by molar-refractivity contribution is 7.80. The van der Waals surface area contributed by atoms with Crippen LogP contribution >= 0.6 is 12.2 Å². The van der Waals surface area contributed by atoms with Crippen LogP contribution in [-0.2, 0) is 6.54 Å². The Hall–Kier alpha value is -2.66. The first kappa shape index (κ1) is 19.1. The van der Waals surface area contributed by atoms with E-state index < -0.39 is 0 Å². The van der Waals surface area contributed by atoms with Gasteiger partial charge in [-0.1, -0.05) is 42.0 Å². The van der Waals surface area contributed by atoms with Crippen molar-refractivity contribution in [1.82, 2.24) is 9.78 Å². The summed E-state index contributed by atoms with van der Waals surface area (Å²) in [7, 11) is 0. The molecule has 0 aliphatic heterocycles. The van der Waals surface area contributed by atoms with Gasteiger partial charge in [0.15, 0.2) is 5.11 Å². The average Bonchev–Trinajstić information content (AvgIpc) is 2.86. The lowest BCUT2D eigenvalue weighted by molar-refractivity contribution is 0.659. The van der Waals surface area contributed by atoms with Crippen molar-refractivity contribution in [2.75, 3.05) is 10.6 Å². The standard InChI is InChI=1S/C22H26N4S/c1-14-8-6-10-19(12-14)13-26-18(5)21(17(4)25-26)24-22(27)23-20-11-7-9-15(2)16(20)3/h6-12H,13H2,1-5H3,(H2,23,24,27). The zero-order chi connectivity index (χ0) is 19.6. The van der Waals surface area contributed by atoms with Gasteiger partial charge in [-0.3, -0.25) is 4.68 Å². The monoisotopic (exact) mass is 378 g/mol. The third-order valence-corrected chi connectivity index (χ3v) is 5.09. The fraction of sp³-hybridized carbons (Fsp3) is 0.273. The number of rotatable bonds is 4. The number of nitrogens with zero attached hydrogens (tertiary/aromatic N) is 2. The van der Waals surface area contributed by atoms with Gasteiger partial charge in [0.1, 0.15) is 0 Å². The first-order valence-corrected chi connectivity index (χ1v) is 9.49. The van der Waals surface area contributed by atoms with Gasteiger partial charge in [0.05, 0.1) is 23.6 Å². The highest BCUT2D eigenvalue weighted by Crippen LogP contribution is 2.22. The lowest BCUT2D eigenvalue weighted by Crippen LogP contribution is -2.20. The van der Waals surface area contributed by atoms with Gasteiger partial charge >= 0.3 is 0 Å². The van der Waals surface area contributed by atoms with E-state index in [-0.39, 0.29) is 0 Å². The predicted molar refractivity (Wildman–Crippen MR) is 118 cm³/mol. The number of aromatic nitrogens is 2. The Kier molecular flexibility index (Phi) is 5.61. The average molecular weight is 379 g/mol. The second-order valence-corrected chi connectivity index (χ2v) is 7.43. The second kappa shape index (κ2) is 7.92. The van der Waals surface area contributed by atoms with Gasteiger partial charge in [-0.15, -0.1) is 0 Å². The molecule has 4 nitrogen and oxygen atoms in total. The van der Waals surface area contributed by atoms with Crippen molar-refractivity contribution >= 4 is 28.7 Å². The van der Waals surface area contributed by atoms with Crippen molar-refractivity contribution in [1.29, 1.82) is 0 Å². The van der Waals surface area contributed by atoms with Crippen molar-refractivity contribution in [3.63, 3.8) is 0 Å². The molecule has 5 heteroatoms. The van der Waals surface area contributed by atoms with E-state index in [4.69, 9.17) is 17.3 Å². The zero-order valence-corrected chi connectivity index (χ0v) is 17.4. The van der Waals surface area contributed by atoms with Crippen molar-refractivity contribution in [3.8, 4) is 0 Å². The summed E-state index contributed by atoms with van der Waals surface area (Å²) >= 11 is 5.54. The minimum atomic E-state index is 0.574. The topological polar surface area (TPSA) is 41.9 Å². The van der Waals surface area contributed by atoms with Gasteiger partial charge in [0.25, 0.3) is 0 Å². The van der Waals surface area contributed by atoms with E-state index in [1.54, 1.807) is 0 Å². The molecule has 0 aliphatic carbocycles. The third-order valence-electron chi connectivity index (χ3n) is 4.89. The largest absolute Gasteiger partial charge is 0.332 e. The molecule has 1 heterocycles. The molecule has 0 aliphatic rings. The SMILES string of the molecule is Cc1cccc(Cn2nc(C)c(NC(=S)Nc3cccc(C)c3C)c2C)c1. The van der Waals surface area contributed by atoms with E-state index >= 15 is 0 Å². The van der Waals surface area contributed by atoms with Crippen molar-refractivity contribution in [2.45, 2.75) is 41.2 Å². The number of hydrogen-bond donors (Lipinski definition) is 2. The van der Waals surface area contributed by atoms with E-state index in [1.807, 2.05) is 23.7 Å². The molecular weight excluding hydrogens is 352 g/mol. The van der Waals surface area contributed by atoms with E-state index in [0.29, 0.717) is 5.11 Å². The van der Waals surface area contributed by atoms with Crippen LogP contribution in [0.4, 0.5) is 11.4 Å². The summed E-state index contributed by atoms with van der Waals surface area (Å²) < 4.78 is 2.02. The van der Waals surface area contributed by atoms with Crippen LogP contribution in [0.15, 0.2) is 42.5 Å². The maximum absolute atomic E-state index is 5.54. The Morgan fingerprint density at radius 1 is 1.00 bits per heavy atom. The minimum Gasteiger partial charge on any atom is -0.332 e. The van der Waals surface area contributed by atoms with Gasteiger partial charge in [-0.2, -0.15) is 5.10 Å². The van der Waals surface area contributed by atoms with Gasteiger partial charge in [-0.25, -0.2) is 0 Å². The summed E-state index contributed by atoms with van der Waals surface area (Å²) in [4.78, 5) is 0. The van der Waals surface area contributed by atoms with Crippen molar-refractivity contribution in [3.05, 3.63) is 76.1 Å². The molecule has 0 unspecified atom stereocenters. The minimum absolute atomic E-state index is 0.574. The Balaban J connectivity index is 1.76. The number of anilines is 2. The molecule has 0 radical (unpaired) electrons. The molecule has 140 valence electrons. The number of aryl methyl sites for hydroxylation is 3. The number of thiocarbonyl (C=S) groups is 1. The van der Waals surface area contributed by atoms with Gasteiger partial charge < -0.3 is 10.6 Å². The maximum Gasteiger partial charge on any atom is 0.175 e. The first-order valence-electron chi connectivity index (χ1n) is 9.09. The molecule has 0 spiro atoms. The summed E-state index contributed by atoms with van der Waals surface area (Å²) in [5, 5.41) is 11.9. The summed E-state index contributed by atoms with van der Waals surface area (Å²) in [5.74, 6) is 0. The molecule has 0 saturated heterocycles. The lowest BCUT2D eigenvalue weighted by atomic mass is 10.1. The van der Waals surface area contributed by atoms with Crippen LogP contribution in [0.5, 0.6) is 0 Å². The molecule has 1 aromatic heterocycles. The number of hydrogen-bond acceptors (Lipinski definition) is 2. The molecule has 0 fully saturated rings.